The molecule has 0 amide bonds. The van der Waals surface area contributed by atoms with E-state index < -0.39 is 0 Å². The van der Waals surface area contributed by atoms with E-state index >= 15 is 0 Å². The molecular weight excluding hydrogens is 803 g/mol. The molecule has 1 aliphatic carbocycles. The summed E-state index contributed by atoms with van der Waals surface area (Å²) < 4.78 is 11.3. The van der Waals surface area contributed by atoms with Gasteiger partial charge in [-0.2, -0.15) is 0 Å². The number of hydrogen-bond acceptors (Lipinski definition) is 2. The van der Waals surface area contributed by atoms with Crippen LogP contribution in [0.15, 0.2) is 223 Å². The van der Waals surface area contributed by atoms with Gasteiger partial charge in [0.1, 0.15) is 11.2 Å². The van der Waals surface area contributed by atoms with Gasteiger partial charge in [-0.1, -0.05) is 140 Å². The van der Waals surface area contributed by atoms with Crippen LogP contribution in [0.4, 0.5) is 17.1 Å². The minimum absolute atomic E-state index is 0.903. The number of hydrogen-bond donors (Lipinski definition) is 0. The van der Waals surface area contributed by atoms with Crippen molar-refractivity contribution < 1.29 is 4.42 Å². The fourth-order valence-corrected chi connectivity index (χ4v) is 10.4. The average molecular weight is 846 g/mol. The van der Waals surface area contributed by atoms with Crippen LogP contribution >= 0.6 is 0 Å². The summed E-state index contributed by atoms with van der Waals surface area (Å²) >= 11 is 0. The van der Waals surface area contributed by atoms with E-state index in [4.69, 9.17) is 4.42 Å². The number of aromatic nitrogens is 2. The molecule has 4 nitrogen and oxygen atoms in total. The molecule has 0 aliphatic heterocycles. The number of allylic oxidation sites excluding steroid dienone is 1. The molecule has 0 saturated carbocycles. The van der Waals surface area contributed by atoms with E-state index in [0.29, 0.717) is 0 Å². The van der Waals surface area contributed by atoms with Gasteiger partial charge in [-0.25, -0.2) is 0 Å². The van der Waals surface area contributed by atoms with E-state index in [1.807, 2.05) is 18.2 Å². The molecule has 0 radical (unpaired) electrons. The van der Waals surface area contributed by atoms with E-state index in [-0.39, 0.29) is 0 Å². The van der Waals surface area contributed by atoms with Gasteiger partial charge in [-0.3, -0.25) is 0 Å². The Bertz CT molecular complexity index is 3810. The van der Waals surface area contributed by atoms with E-state index in [0.717, 1.165) is 74.2 Å². The lowest BCUT2D eigenvalue weighted by Gasteiger charge is -2.26. The van der Waals surface area contributed by atoms with Crippen molar-refractivity contribution in [2.45, 2.75) is 12.8 Å². The van der Waals surface area contributed by atoms with Gasteiger partial charge in [0.2, 0.25) is 0 Å². The zero-order valence-corrected chi connectivity index (χ0v) is 36.2. The molecule has 0 atom stereocenters. The smallest absolute Gasteiger partial charge is 0.143 e. The predicted octanol–water partition coefficient (Wildman–Crippen LogP) is 17.0. The largest absolute Gasteiger partial charge is 0.455 e. The number of benzene rings is 9. The van der Waals surface area contributed by atoms with Crippen molar-refractivity contribution in [3.05, 3.63) is 236 Å². The van der Waals surface area contributed by atoms with Crippen molar-refractivity contribution in [3.63, 3.8) is 0 Å². The Morgan fingerprint density at radius 3 is 1.73 bits per heavy atom. The lowest BCUT2D eigenvalue weighted by molar-refractivity contribution is 0.670. The van der Waals surface area contributed by atoms with Crippen molar-refractivity contribution in [3.8, 4) is 33.6 Å². The van der Waals surface area contributed by atoms with Crippen LogP contribution in [0.2, 0.25) is 0 Å². The second-order valence-corrected chi connectivity index (χ2v) is 17.3. The summed E-state index contributed by atoms with van der Waals surface area (Å²) in [6.45, 7) is 3.96. The van der Waals surface area contributed by atoms with Gasteiger partial charge in [0.15, 0.2) is 0 Å². The van der Waals surface area contributed by atoms with Crippen LogP contribution in [-0.4, -0.2) is 9.13 Å². The molecule has 3 aromatic heterocycles. The molecular formula is C62H43N3O. The van der Waals surface area contributed by atoms with E-state index in [1.165, 1.54) is 60.8 Å². The predicted molar refractivity (Wildman–Crippen MR) is 278 cm³/mol. The topological polar surface area (TPSA) is 26.2 Å². The van der Waals surface area contributed by atoms with Crippen LogP contribution in [0.3, 0.4) is 0 Å². The molecule has 4 heteroatoms. The summed E-state index contributed by atoms with van der Waals surface area (Å²) in [5, 5.41) is 6.05. The Hall–Kier alpha value is -8.60. The van der Waals surface area contributed by atoms with Crippen LogP contribution in [0.5, 0.6) is 0 Å². The summed E-state index contributed by atoms with van der Waals surface area (Å²) in [6, 6.07) is 74.6. The number of rotatable bonds is 8. The standard InChI is InChI=1S/C62H43N3O/c1-2-41-22-29-48(30-23-41)65-59-20-9-5-14-53(59)56-40-44(28-39-60(56)65)42-24-31-45(32-25-42)63(46-33-26-43(27-34-46)50-16-11-17-55-54-15-6-10-21-61(54)66-62(50)55)47-35-37-49(38-36-47)64-57-18-7-3-12-51(57)52-13-4-8-19-58(52)64/h2-8,10-19,21-40H,1,9,20H2. The Balaban J connectivity index is 0.900. The number of fused-ring (bicyclic) bond motifs is 9. The first-order chi connectivity index (χ1) is 32.7. The van der Waals surface area contributed by atoms with Crippen LogP contribution in [0.1, 0.15) is 23.2 Å². The molecule has 0 unspecified atom stereocenters. The first-order valence-electron chi connectivity index (χ1n) is 22.8. The zero-order chi connectivity index (χ0) is 43.7. The fraction of sp³-hybridized carbons (Fsp3) is 0.0323. The highest BCUT2D eigenvalue weighted by Gasteiger charge is 2.21. The highest BCUT2D eigenvalue weighted by atomic mass is 16.3. The summed E-state index contributed by atoms with van der Waals surface area (Å²) in [6.07, 6.45) is 8.58. The Labute approximate surface area is 382 Å². The van der Waals surface area contributed by atoms with Crippen molar-refractivity contribution in [1.82, 2.24) is 9.13 Å². The number of furan rings is 1. The SMILES string of the molecule is C=Cc1ccc(-n2c3c(c4cc(-c5ccc(N(c6ccc(-c7cccc8c7oc7ccccc78)cc6)c6ccc(-n7c8ccccc8c8ccccc87)cc6)cc5)ccc42)C=CCC3)cc1. The maximum absolute atomic E-state index is 6.46. The number of para-hydroxylation sites is 4. The molecule has 13 rings (SSSR count). The summed E-state index contributed by atoms with van der Waals surface area (Å²) in [4.78, 5) is 2.35. The van der Waals surface area contributed by atoms with Gasteiger partial charge in [0, 0.05) is 72.2 Å². The quantitative estimate of drug-likeness (QED) is 0.152. The summed E-state index contributed by atoms with van der Waals surface area (Å²) in [5.74, 6) is 0. The highest BCUT2D eigenvalue weighted by Crippen LogP contribution is 2.42. The molecule has 312 valence electrons. The third kappa shape index (κ3) is 6.07. The zero-order valence-electron chi connectivity index (χ0n) is 36.2. The second-order valence-electron chi connectivity index (χ2n) is 17.3. The van der Waals surface area contributed by atoms with Gasteiger partial charge < -0.3 is 18.5 Å². The van der Waals surface area contributed by atoms with Crippen LogP contribution in [0, 0.1) is 0 Å². The molecule has 12 aromatic rings. The van der Waals surface area contributed by atoms with Gasteiger partial charge in [0.05, 0.1) is 16.6 Å². The first-order valence-corrected chi connectivity index (χ1v) is 22.8. The van der Waals surface area contributed by atoms with E-state index in [2.05, 4.69) is 227 Å². The summed E-state index contributed by atoms with van der Waals surface area (Å²) in [7, 11) is 0. The molecule has 0 N–H and O–H groups in total. The maximum Gasteiger partial charge on any atom is 0.143 e. The summed E-state index contributed by atoms with van der Waals surface area (Å²) in [5.41, 5.74) is 19.3. The van der Waals surface area contributed by atoms with Gasteiger partial charge in [-0.15, -0.1) is 0 Å². The molecule has 66 heavy (non-hydrogen) atoms. The van der Waals surface area contributed by atoms with Gasteiger partial charge in [-0.05, 0) is 126 Å². The lowest BCUT2D eigenvalue weighted by Crippen LogP contribution is -2.10. The molecule has 1 aliphatic rings. The molecule has 0 spiro atoms. The maximum atomic E-state index is 6.46. The van der Waals surface area contributed by atoms with Gasteiger partial charge in [0.25, 0.3) is 0 Å². The third-order valence-corrected chi connectivity index (χ3v) is 13.6. The molecule has 0 fully saturated rings. The fourth-order valence-electron chi connectivity index (χ4n) is 10.4. The number of nitrogens with zero attached hydrogens (tertiary/aromatic N) is 3. The third-order valence-electron chi connectivity index (χ3n) is 13.6. The van der Waals surface area contributed by atoms with Crippen LogP contribution < -0.4 is 4.90 Å². The molecule has 9 aromatic carbocycles. The average Bonchev–Trinajstić information content (AvgIpc) is 4.05. The molecule has 0 saturated heterocycles. The normalized spacial score (nSPS) is 12.4. The number of anilines is 3. The Morgan fingerprint density at radius 2 is 1.03 bits per heavy atom. The Morgan fingerprint density at radius 1 is 0.470 bits per heavy atom. The van der Waals surface area contributed by atoms with E-state index in [9.17, 15) is 0 Å². The second kappa shape index (κ2) is 15.3. The van der Waals surface area contributed by atoms with Crippen LogP contribution in [-0.2, 0) is 6.42 Å². The van der Waals surface area contributed by atoms with Crippen molar-refractivity contribution in [2.75, 3.05) is 4.90 Å². The van der Waals surface area contributed by atoms with Crippen molar-refractivity contribution >= 4 is 83.9 Å². The Kier molecular flexibility index (Phi) is 8.78. The molecule has 0 bridgehead atoms. The minimum Gasteiger partial charge on any atom is -0.455 e. The minimum atomic E-state index is 0.903. The van der Waals surface area contributed by atoms with Crippen LogP contribution in [0.25, 0.3) is 100 Å². The van der Waals surface area contributed by atoms with Crippen molar-refractivity contribution in [1.29, 1.82) is 0 Å². The molecule has 3 heterocycles. The monoisotopic (exact) mass is 845 g/mol. The lowest BCUT2D eigenvalue weighted by atomic mass is 9.98. The van der Waals surface area contributed by atoms with Crippen molar-refractivity contribution in [2.24, 2.45) is 0 Å². The van der Waals surface area contributed by atoms with E-state index in [1.54, 1.807) is 0 Å². The highest BCUT2D eigenvalue weighted by molar-refractivity contribution is 6.10. The van der Waals surface area contributed by atoms with Gasteiger partial charge >= 0.3 is 0 Å². The first kappa shape index (κ1) is 37.9.